The van der Waals surface area contributed by atoms with Gasteiger partial charge in [-0.3, -0.25) is 9.78 Å². The first-order valence-electron chi connectivity index (χ1n) is 7.14. The Balaban J connectivity index is 1.79. The van der Waals surface area contributed by atoms with Crippen molar-refractivity contribution in [2.75, 3.05) is 0 Å². The number of nitrogens with one attached hydrogen (secondary N) is 1. The number of fused-ring (bicyclic) bond motifs is 1. The van der Waals surface area contributed by atoms with E-state index in [0.29, 0.717) is 11.6 Å². The highest BCUT2D eigenvalue weighted by Crippen LogP contribution is 2.20. The van der Waals surface area contributed by atoms with Crippen molar-refractivity contribution in [3.8, 4) is 0 Å². The first-order chi connectivity index (χ1) is 9.74. The Kier molecular flexibility index (Phi) is 3.65. The maximum absolute atomic E-state index is 12.4. The van der Waals surface area contributed by atoms with E-state index in [9.17, 15) is 4.79 Å². The lowest BCUT2D eigenvalue weighted by Crippen LogP contribution is -2.40. The molecule has 0 bridgehead atoms. The van der Waals surface area contributed by atoms with Gasteiger partial charge in [0.25, 0.3) is 5.91 Å². The van der Waals surface area contributed by atoms with Crippen LogP contribution in [0.1, 0.15) is 36.0 Å². The lowest BCUT2D eigenvalue weighted by atomic mass is 9.91. The molecule has 4 heteroatoms. The molecule has 3 N–H and O–H groups in total. The van der Waals surface area contributed by atoms with Crippen LogP contribution in [0.4, 0.5) is 0 Å². The number of amides is 1. The number of carbonyl (C=O) groups is 1. The number of rotatable bonds is 2. The zero-order chi connectivity index (χ0) is 13.9. The van der Waals surface area contributed by atoms with Crippen LogP contribution in [-0.4, -0.2) is 23.0 Å². The van der Waals surface area contributed by atoms with E-state index in [1.807, 2.05) is 30.3 Å². The average molecular weight is 269 g/mol. The predicted molar refractivity (Wildman–Crippen MR) is 79.4 cm³/mol. The van der Waals surface area contributed by atoms with Gasteiger partial charge in [-0.1, -0.05) is 12.1 Å². The molecule has 0 unspecified atom stereocenters. The van der Waals surface area contributed by atoms with Gasteiger partial charge in [-0.25, -0.2) is 0 Å². The largest absolute Gasteiger partial charge is 0.349 e. The van der Waals surface area contributed by atoms with Crippen molar-refractivity contribution < 1.29 is 4.79 Å². The molecule has 0 atom stereocenters. The van der Waals surface area contributed by atoms with Crippen LogP contribution in [0.25, 0.3) is 10.9 Å². The Labute approximate surface area is 118 Å². The van der Waals surface area contributed by atoms with E-state index in [1.54, 1.807) is 6.20 Å². The minimum absolute atomic E-state index is 0.0101. The highest BCUT2D eigenvalue weighted by atomic mass is 16.1. The molecule has 1 aliphatic rings. The van der Waals surface area contributed by atoms with Crippen LogP contribution in [0, 0.1) is 0 Å². The molecule has 1 aromatic heterocycles. The summed E-state index contributed by atoms with van der Waals surface area (Å²) in [7, 11) is 0. The van der Waals surface area contributed by atoms with Crippen molar-refractivity contribution >= 4 is 16.8 Å². The normalized spacial score (nSPS) is 22.6. The third-order valence-corrected chi connectivity index (χ3v) is 4.00. The van der Waals surface area contributed by atoms with E-state index in [1.165, 1.54) is 0 Å². The summed E-state index contributed by atoms with van der Waals surface area (Å²) in [5, 5.41) is 4.03. The number of aromatic nitrogens is 1. The fourth-order valence-corrected chi connectivity index (χ4v) is 2.83. The summed E-state index contributed by atoms with van der Waals surface area (Å²) in [6, 6.07) is 9.99. The van der Waals surface area contributed by atoms with E-state index in [0.717, 1.165) is 36.6 Å². The molecule has 0 spiro atoms. The lowest BCUT2D eigenvalue weighted by molar-refractivity contribution is 0.0927. The Bertz CT molecular complexity index is 613. The number of pyridine rings is 1. The maximum atomic E-state index is 12.4. The van der Waals surface area contributed by atoms with Gasteiger partial charge in [-0.05, 0) is 43.9 Å². The van der Waals surface area contributed by atoms with Crippen molar-refractivity contribution in [3.63, 3.8) is 0 Å². The first kappa shape index (κ1) is 13.1. The topological polar surface area (TPSA) is 68.0 Å². The molecule has 104 valence electrons. The van der Waals surface area contributed by atoms with Crippen LogP contribution in [-0.2, 0) is 0 Å². The van der Waals surface area contributed by atoms with Gasteiger partial charge in [0.05, 0.1) is 5.52 Å². The Morgan fingerprint density at radius 1 is 1.15 bits per heavy atom. The van der Waals surface area contributed by atoms with Crippen LogP contribution < -0.4 is 11.1 Å². The van der Waals surface area contributed by atoms with Crippen LogP contribution in [0.3, 0.4) is 0 Å². The van der Waals surface area contributed by atoms with Gasteiger partial charge in [-0.2, -0.15) is 0 Å². The zero-order valence-electron chi connectivity index (χ0n) is 11.4. The van der Waals surface area contributed by atoms with Crippen LogP contribution in [0.2, 0.25) is 0 Å². The second-order valence-corrected chi connectivity index (χ2v) is 5.46. The SMILES string of the molecule is NC1CCC(NC(=O)c2cccc3ncccc23)CC1. The predicted octanol–water partition coefficient (Wildman–Crippen LogP) is 2.23. The monoisotopic (exact) mass is 269 g/mol. The Hall–Kier alpha value is -1.94. The fraction of sp³-hybridized carbons (Fsp3) is 0.375. The van der Waals surface area contributed by atoms with Crippen molar-refractivity contribution in [3.05, 3.63) is 42.1 Å². The molecule has 1 amide bonds. The molecule has 1 heterocycles. The van der Waals surface area contributed by atoms with E-state index in [4.69, 9.17) is 5.73 Å². The van der Waals surface area contributed by atoms with Crippen molar-refractivity contribution in [1.29, 1.82) is 0 Å². The smallest absolute Gasteiger partial charge is 0.252 e. The van der Waals surface area contributed by atoms with Gasteiger partial charge in [-0.15, -0.1) is 0 Å². The molecule has 2 aromatic rings. The molecule has 1 aliphatic carbocycles. The molecular formula is C16H19N3O. The summed E-state index contributed by atoms with van der Waals surface area (Å²) in [5.41, 5.74) is 7.44. The third kappa shape index (κ3) is 2.65. The summed E-state index contributed by atoms with van der Waals surface area (Å²) in [6.07, 6.45) is 5.66. The van der Waals surface area contributed by atoms with Gasteiger partial charge >= 0.3 is 0 Å². The maximum Gasteiger partial charge on any atom is 0.252 e. The summed E-state index contributed by atoms with van der Waals surface area (Å²) < 4.78 is 0. The summed E-state index contributed by atoms with van der Waals surface area (Å²) >= 11 is 0. The molecule has 4 nitrogen and oxygen atoms in total. The Morgan fingerprint density at radius 2 is 1.95 bits per heavy atom. The fourth-order valence-electron chi connectivity index (χ4n) is 2.83. The van der Waals surface area contributed by atoms with Gasteiger partial charge in [0.15, 0.2) is 0 Å². The van der Waals surface area contributed by atoms with Crippen molar-refractivity contribution in [2.24, 2.45) is 5.73 Å². The molecule has 1 aromatic carbocycles. The molecule has 3 rings (SSSR count). The Morgan fingerprint density at radius 3 is 2.75 bits per heavy atom. The van der Waals surface area contributed by atoms with Gasteiger partial charge in [0.2, 0.25) is 0 Å². The zero-order valence-corrected chi connectivity index (χ0v) is 11.4. The molecule has 1 fully saturated rings. The molecule has 0 radical (unpaired) electrons. The molecule has 0 saturated heterocycles. The van der Waals surface area contributed by atoms with Gasteiger partial charge < -0.3 is 11.1 Å². The number of carbonyl (C=O) groups excluding carboxylic acids is 1. The lowest BCUT2D eigenvalue weighted by Gasteiger charge is -2.26. The van der Waals surface area contributed by atoms with Gasteiger partial charge in [0.1, 0.15) is 0 Å². The van der Waals surface area contributed by atoms with Crippen LogP contribution in [0.5, 0.6) is 0 Å². The number of benzene rings is 1. The number of hydrogen-bond acceptors (Lipinski definition) is 3. The second kappa shape index (κ2) is 5.59. The number of hydrogen-bond donors (Lipinski definition) is 2. The number of nitrogens with zero attached hydrogens (tertiary/aromatic N) is 1. The summed E-state index contributed by atoms with van der Waals surface area (Å²) in [6.45, 7) is 0. The first-order valence-corrected chi connectivity index (χ1v) is 7.14. The third-order valence-electron chi connectivity index (χ3n) is 4.00. The average Bonchev–Trinajstić information content (AvgIpc) is 2.49. The van der Waals surface area contributed by atoms with E-state index in [-0.39, 0.29) is 11.9 Å². The van der Waals surface area contributed by atoms with Crippen LogP contribution >= 0.6 is 0 Å². The summed E-state index contributed by atoms with van der Waals surface area (Å²) in [5.74, 6) is -0.0101. The molecule has 20 heavy (non-hydrogen) atoms. The van der Waals surface area contributed by atoms with Crippen molar-refractivity contribution in [1.82, 2.24) is 10.3 Å². The molecule has 0 aliphatic heterocycles. The highest BCUT2D eigenvalue weighted by molar-refractivity contribution is 6.06. The molecular weight excluding hydrogens is 250 g/mol. The second-order valence-electron chi connectivity index (χ2n) is 5.46. The standard InChI is InChI=1S/C16H19N3O/c17-11-6-8-12(9-7-11)19-16(20)14-3-1-5-15-13(14)4-2-10-18-15/h1-5,10-12H,6-9,17H2,(H,19,20). The van der Waals surface area contributed by atoms with E-state index < -0.39 is 0 Å². The van der Waals surface area contributed by atoms with E-state index in [2.05, 4.69) is 10.3 Å². The summed E-state index contributed by atoms with van der Waals surface area (Å²) in [4.78, 5) is 16.7. The quantitative estimate of drug-likeness (QED) is 0.878. The van der Waals surface area contributed by atoms with Crippen molar-refractivity contribution in [2.45, 2.75) is 37.8 Å². The highest BCUT2D eigenvalue weighted by Gasteiger charge is 2.21. The van der Waals surface area contributed by atoms with Gasteiger partial charge in [0, 0.05) is 29.2 Å². The minimum atomic E-state index is -0.0101. The minimum Gasteiger partial charge on any atom is -0.349 e. The molecule has 1 saturated carbocycles. The number of nitrogens with two attached hydrogens (primary N) is 1. The van der Waals surface area contributed by atoms with E-state index >= 15 is 0 Å². The van der Waals surface area contributed by atoms with Crippen LogP contribution in [0.15, 0.2) is 36.5 Å².